The smallest absolute Gasteiger partial charge is 0.180 e. The van der Waals surface area contributed by atoms with E-state index in [4.69, 9.17) is 5.73 Å². The maximum atomic E-state index is 5.72. The highest BCUT2D eigenvalue weighted by molar-refractivity contribution is 5.52. The predicted octanol–water partition coefficient (Wildman–Crippen LogP) is 1.99. The Morgan fingerprint density at radius 2 is 2.06 bits per heavy atom. The maximum Gasteiger partial charge on any atom is 0.180 e. The summed E-state index contributed by atoms with van der Waals surface area (Å²) in [5, 5.41) is 0. The fourth-order valence-electron chi connectivity index (χ4n) is 1.41. The van der Waals surface area contributed by atoms with E-state index >= 15 is 0 Å². The van der Waals surface area contributed by atoms with Crippen molar-refractivity contribution in [3.05, 3.63) is 35.7 Å². The third-order valence-electron chi connectivity index (χ3n) is 2.30. The molecule has 0 bridgehead atoms. The van der Waals surface area contributed by atoms with Crippen LogP contribution in [0.3, 0.4) is 0 Å². The van der Waals surface area contributed by atoms with Crippen LogP contribution in [0, 0.1) is 6.92 Å². The molecule has 4 heteroatoms. The minimum atomic E-state index is 0.490. The molecule has 16 heavy (non-hydrogen) atoms. The molecule has 2 rings (SSSR count). The van der Waals surface area contributed by atoms with Crippen molar-refractivity contribution in [1.82, 2.24) is 15.0 Å². The molecular formula is C12H14N4. The Balaban J connectivity index is 2.47. The number of nitrogen functional groups attached to an aromatic ring is 1. The van der Waals surface area contributed by atoms with E-state index in [0.29, 0.717) is 11.6 Å². The van der Waals surface area contributed by atoms with E-state index in [1.807, 2.05) is 26.0 Å². The highest BCUT2D eigenvalue weighted by atomic mass is 15.0. The van der Waals surface area contributed by atoms with Gasteiger partial charge in [0.1, 0.15) is 11.5 Å². The Hall–Kier alpha value is -1.97. The summed E-state index contributed by atoms with van der Waals surface area (Å²) in [6, 6.07) is 5.68. The van der Waals surface area contributed by atoms with Crippen LogP contribution in [0.15, 0.2) is 24.4 Å². The standard InChI is InChI=1S/C12H14N4/c1-3-9-6-11(13)16-12(15-9)10-5-4-8(2)7-14-10/h4-7H,3H2,1-2H3,(H2,13,15,16). The van der Waals surface area contributed by atoms with Crippen molar-refractivity contribution in [3.63, 3.8) is 0 Å². The average molecular weight is 214 g/mol. The van der Waals surface area contributed by atoms with Crippen LogP contribution in [0.5, 0.6) is 0 Å². The molecule has 0 saturated carbocycles. The van der Waals surface area contributed by atoms with Gasteiger partial charge in [0.25, 0.3) is 0 Å². The average Bonchev–Trinajstić information content (AvgIpc) is 2.29. The molecule has 0 saturated heterocycles. The van der Waals surface area contributed by atoms with Gasteiger partial charge < -0.3 is 5.73 Å². The van der Waals surface area contributed by atoms with Crippen LogP contribution in [0.4, 0.5) is 5.82 Å². The van der Waals surface area contributed by atoms with Crippen molar-refractivity contribution in [2.75, 3.05) is 5.73 Å². The van der Waals surface area contributed by atoms with Gasteiger partial charge in [0, 0.05) is 18.0 Å². The molecule has 0 aliphatic rings. The zero-order valence-corrected chi connectivity index (χ0v) is 9.44. The highest BCUT2D eigenvalue weighted by Gasteiger charge is 2.05. The summed E-state index contributed by atoms with van der Waals surface area (Å²) in [5.41, 5.74) is 8.53. The molecule has 2 N–H and O–H groups in total. The second kappa shape index (κ2) is 4.26. The Labute approximate surface area is 94.6 Å². The molecule has 4 nitrogen and oxygen atoms in total. The number of anilines is 1. The van der Waals surface area contributed by atoms with Crippen LogP contribution in [-0.2, 0) is 6.42 Å². The molecule has 0 unspecified atom stereocenters. The third kappa shape index (κ3) is 2.16. The first-order chi connectivity index (χ1) is 7.69. The summed E-state index contributed by atoms with van der Waals surface area (Å²) >= 11 is 0. The number of hydrogen-bond acceptors (Lipinski definition) is 4. The van der Waals surface area contributed by atoms with Gasteiger partial charge in [-0.15, -0.1) is 0 Å². The van der Waals surface area contributed by atoms with Crippen LogP contribution >= 0.6 is 0 Å². The Kier molecular flexibility index (Phi) is 2.81. The fourth-order valence-corrected chi connectivity index (χ4v) is 1.41. The minimum absolute atomic E-state index is 0.490. The first kappa shape index (κ1) is 10.5. The van der Waals surface area contributed by atoms with E-state index in [1.54, 1.807) is 12.3 Å². The summed E-state index contributed by atoms with van der Waals surface area (Å²) in [5.74, 6) is 1.08. The summed E-state index contributed by atoms with van der Waals surface area (Å²) < 4.78 is 0. The molecule has 2 aromatic rings. The zero-order chi connectivity index (χ0) is 11.5. The molecule has 0 aromatic carbocycles. The van der Waals surface area contributed by atoms with Gasteiger partial charge in [0.05, 0.1) is 0 Å². The van der Waals surface area contributed by atoms with Gasteiger partial charge in [0.2, 0.25) is 0 Å². The first-order valence-electron chi connectivity index (χ1n) is 5.25. The Bertz CT molecular complexity index is 491. The lowest BCUT2D eigenvalue weighted by atomic mass is 10.2. The lowest BCUT2D eigenvalue weighted by Crippen LogP contribution is -2.00. The third-order valence-corrected chi connectivity index (χ3v) is 2.30. The second-order valence-corrected chi connectivity index (χ2v) is 3.68. The van der Waals surface area contributed by atoms with Crippen molar-refractivity contribution in [2.24, 2.45) is 0 Å². The number of pyridine rings is 1. The van der Waals surface area contributed by atoms with Gasteiger partial charge in [-0.2, -0.15) is 0 Å². The number of rotatable bonds is 2. The van der Waals surface area contributed by atoms with E-state index < -0.39 is 0 Å². The van der Waals surface area contributed by atoms with E-state index in [1.165, 1.54) is 0 Å². The van der Waals surface area contributed by atoms with Crippen LogP contribution < -0.4 is 5.73 Å². The van der Waals surface area contributed by atoms with Gasteiger partial charge in [-0.1, -0.05) is 13.0 Å². The van der Waals surface area contributed by atoms with Crippen LogP contribution in [-0.4, -0.2) is 15.0 Å². The molecule has 0 radical (unpaired) electrons. The molecular weight excluding hydrogens is 200 g/mol. The summed E-state index contributed by atoms with van der Waals surface area (Å²) in [7, 11) is 0. The van der Waals surface area contributed by atoms with Crippen molar-refractivity contribution in [2.45, 2.75) is 20.3 Å². The SMILES string of the molecule is CCc1cc(N)nc(-c2ccc(C)cn2)n1. The molecule has 0 aliphatic carbocycles. The number of hydrogen-bond donors (Lipinski definition) is 1. The van der Waals surface area contributed by atoms with E-state index in [0.717, 1.165) is 23.4 Å². The van der Waals surface area contributed by atoms with Gasteiger partial charge in [-0.3, -0.25) is 4.98 Å². The molecule has 0 fully saturated rings. The van der Waals surface area contributed by atoms with Crippen LogP contribution in [0.1, 0.15) is 18.2 Å². The molecule has 0 amide bonds. The van der Waals surface area contributed by atoms with Crippen molar-refractivity contribution in [3.8, 4) is 11.5 Å². The normalized spacial score (nSPS) is 10.4. The molecule has 2 heterocycles. The number of nitrogens with zero attached hydrogens (tertiary/aromatic N) is 3. The van der Waals surface area contributed by atoms with Crippen molar-refractivity contribution in [1.29, 1.82) is 0 Å². The highest BCUT2D eigenvalue weighted by Crippen LogP contribution is 2.14. The number of nitrogens with two attached hydrogens (primary N) is 1. The van der Waals surface area contributed by atoms with Crippen LogP contribution in [0.25, 0.3) is 11.5 Å². The number of aromatic nitrogens is 3. The topological polar surface area (TPSA) is 64.7 Å². The van der Waals surface area contributed by atoms with Crippen molar-refractivity contribution >= 4 is 5.82 Å². The maximum absolute atomic E-state index is 5.72. The van der Waals surface area contributed by atoms with Crippen molar-refractivity contribution < 1.29 is 0 Å². The lowest BCUT2D eigenvalue weighted by Gasteiger charge is -2.03. The number of aryl methyl sites for hydroxylation is 2. The Morgan fingerprint density at radius 3 is 2.69 bits per heavy atom. The van der Waals surface area contributed by atoms with E-state index in [9.17, 15) is 0 Å². The van der Waals surface area contributed by atoms with Crippen LogP contribution in [0.2, 0.25) is 0 Å². The molecule has 0 aliphatic heterocycles. The van der Waals surface area contributed by atoms with Gasteiger partial charge >= 0.3 is 0 Å². The summed E-state index contributed by atoms with van der Waals surface area (Å²) in [6.07, 6.45) is 2.64. The molecule has 2 aromatic heterocycles. The molecule has 0 atom stereocenters. The largest absolute Gasteiger partial charge is 0.384 e. The quantitative estimate of drug-likeness (QED) is 0.830. The van der Waals surface area contributed by atoms with E-state index in [-0.39, 0.29) is 0 Å². The van der Waals surface area contributed by atoms with Gasteiger partial charge in [-0.05, 0) is 25.0 Å². The first-order valence-corrected chi connectivity index (χ1v) is 5.25. The predicted molar refractivity (Wildman–Crippen MR) is 63.8 cm³/mol. The fraction of sp³-hybridized carbons (Fsp3) is 0.250. The molecule has 82 valence electrons. The van der Waals surface area contributed by atoms with Gasteiger partial charge in [-0.25, -0.2) is 9.97 Å². The second-order valence-electron chi connectivity index (χ2n) is 3.68. The van der Waals surface area contributed by atoms with E-state index in [2.05, 4.69) is 15.0 Å². The van der Waals surface area contributed by atoms with Gasteiger partial charge in [0.15, 0.2) is 5.82 Å². The molecule has 0 spiro atoms. The minimum Gasteiger partial charge on any atom is -0.384 e. The monoisotopic (exact) mass is 214 g/mol. The summed E-state index contributed by atoms with van der Waals surface area (Å²) in [4.78, 5) is 12.9. The lowest BCUT2D eigenvalue weighted by molar-refractivity contribution is 1.00. The summed E-state index contributed by atoms with van der Waals surface area (Å²) in [6.45, 7) is 4.03. The Morgan fingerprint density at radius 1 is 1.25 bits per heavy atom. The zero-order valence-electron chi connectivity index (χ0n) is 9.44.